The number of ketones is 1. The van der Waals surface area contributed by atoms with Gasteiger partial charge in [0.05, 0.1) is 18.1 Å². The summed E-state index contributed by atoms with van der Waals surface area (Å²) < 4.78 is 6.47. The molecule has 2 heterocycles. The zero-order valence-electron chi connectivity index (χ0n) is 15.0. The number of hydrogen-bond acceptors (Lipinski definition) is 6. The number of fused-ring (bicyclic) bond motifs is 1. The molecule has 0 bridgehead atoms. The molecule has 8 heteroatoms. The predicted molar refractivity (Wildman–Crippen MR) is 99.6 cm³/mol. The average molecular weight is 369 g/mol. The van der Waals surface area contributed by atoms with Crippen molar-refractivity contribution in [3.05, 3.63) is 62.4 Å². The molecule has 0 atom stereocenters. The number of rotatable bonds is 6. The number of ether oxygens (including phenoxy) is 1. The van der Waals surface area contributed by atoms with E-state index in [4.69, 9.17) is 4.74 Å². The third kappa shape index (κ3) is 3.46. The molecule has 2 aromatic heterocycles. The van der Waals surface area contributed by atoms with Crippen LogP contribution >= 0.6 is 0 Å². The highest BCUT2D eigenvalue weighted by molar-refractivity contribution is 6.11. The molecule has 27 heavy (non-hydrogen) atoms. The van der Waals surface area contributed by atoms with E-state index in [1.54, 1.807) is 0 Å². The molecular formula is C19H19N3O5. The molecule has 0 fully saturated rings. The van der Waals surface area contributed by atoms with Gasteiger partial charge in [-0.05, 0) is 30.7 Å². The maximum atomic E-state index is 12.8. The zero-order valence-corrected chi connectivity index (χ0v) is 15.0. The Morgan fingerprint density at radius 2 is 2.07 bits per heavy atom. The number of aromatic nitrogens is 3. The Balaban J connectivity index is 2.13. The summed E-state index contributed by atoms with van der Waals surface area (Å²) in [4.78, 5) is 43.5. The molecule has 0 saturated carbocycles. The Morgan fingerprint density at radius 1 is 1.30 bits per heavy atom. The van der Waals surface area contributed by atoms with Crippen LogP contribution in [0.25, 0.3) is 11.0 Å². The van der Waals surface area contributed by atoms with E-state index >= 15 is 0 Å². The largest absolute Gasteiger partial charge is 0.507 e. The molecule has 140 valence electrons. The fraction of sp³-hybridized carbons (Fsp3) is 0.263. The van der Waals surface area contributed by atoms with Gasteiger partial charge >= 0.3 is 5.69 Å². The average Bonchev–Trinajstić information content (AvgIpc) is 2.67. The number of hydrogen-bond donors (Lipinski definition) is 2. The number of nitrogens with one attached hydrogen (secondary N) is 1. The number of pyridine rings is 1. The SMILES string of the molecule is CCCCn1c(=O)[nH]c(=O)c2cc(C(=O)c3cc(OC)ccc3O)cnc21. The van der Waals surface area contributed by atoms with Crippen LogP contribution in [0.1, 0.15) is 35.7 Å². The fourth-order valence-corrected chi connectivity index (χ4v) is 2.80. The monoisotopic (exact) mass is 369 g/mol. The standard InChI is InChI=1S/C19H19N3O5/c1-3-4-7-22-17-14(18(25)21-19(22)26)8-11(10-20-17)16(24)13-9-12(27-2)5-6-15(13)23/h5-6,8-10,23H,3-4,7H2,1-2H3,(H,21,25,26). The molecule has 0 aliphatic carbocycles. The van der Waals surface area contributed by atoms with E-state index in [1.165, 1.54) is 42.1 Å². The first-order valence-electron chi connectivity index (χ1n) is 8.50. The highest BCUT2D eigenvalue weighted by atomic mass is 16.5. The molecule has 0 unspecified atom stereocenters. The molecule has 0 aliphatic rings. The number of H-pyrrole nitrogens is 1. The third-order valence-electron chi connectivity index (χ3n) is 4.28. The second-order valence-corrected chi connectivity index (χ2v) is 6.07. The Kier molecular flexibility index (Phi) is 5.07. The molecule has 0 spiro atoms. The van der Waals surface area contributed by atoms with Crippen LogP contribution in [0, 0.1) is 0 Å². The first kappa shape index (κ1) is 18.4. The van der Waals surface area contributed by atoms with E-state index in [1.807, 2.05) is 6.92 Å². The summed E-state index contributed by atoms with van der Waals surface area (Å²) in [6.45, 7) is 2.41. The third-order valence-corrected chi connectivity index (χ3v) is 4.28. The van der Waals surface area contributed by atoms with Gasteiger partial charge in [0.1, 0.15) is 17.1 Å². The molecule has 0 amide bonds. The van der Waals surface area contributed by atoms with Crippen molar-refractivity contribution in [2.45, 2.75) is 26.3 Å². The molecule has 0 aliphatic heterocycles. The van der Waals surface area contributed by atoms with Gasteiger partial charge in [0.25, 0.3) is 5.56 Å². The second-order valence-electron chi connectivity index (χ2n) is 6.07. The molecule has 3 rings (SSSR count). The Labute approximate surface area is 154 Å². The first-order valence-corrected chi connectivity index (χ1v) is 8.50. The van der Waals surface area contributed by atoms with Crippen LogP contribution in [-0.4, -0.2) is 32.5 Å². The summed E-state index contributed by atoms with van der Waals surface area (Å²) in [5, 5.41) is 10.1. The first-order chi connectivity index (χ1) is 13.0. The van der Waals surface area contributed by atoms with E-state index in [-0.39, 0.29) is 27.9 Å². The summed E-state index contributed by atoms with van der Waals surface area (Å²) in [6.07, 6.45) is 2.92. The number of nitrogens with zero attached hydrogens (tertiary/aromatic N) is 2. The van der Waals surface area contributed by atoms with Crippen molar-refractivity contribution in [1.82, 2.24) is 14.5 Å². The van der Waals surface area contributed by atoms with E-state index in [0.29, 0.717) is 12.3 Å². The quantitative estimate of drug-likeness (QED) is 0.641. The lowest BCUT2D eigenvalue weighted by atomic mass is 10.0. The van der Waals surface area contributed by atoms with Gasteiger partial charge in [-0.25, -0.2) is 9.78 Å². The summed E-state index contributed by atoms with van der Waals surface area (Å²) in [5.74, 6) is -0.301. The van der Waals surface area contributed by atoms with Crippen molar-refractivity contribution in [2.75, 3.05) is 7.11 Å². The van der Waals surface area contributed by atoms with Crippen LogP contribution in [0.15, 0.2) is 40.1 Å². The number of carbonyl (C=O) groups is 1. The van der Waals surface area contributed by atoms with Gasteiger partial charge in [-0.3, -0.25) is 19.1 Å². The Hall–Kier alpha value is -3.42. The summed E-state index contributed by atoms with van der Waals surface area (Å²) in [6, 6.07) is 5.68. The lowest BCUT2D eigenvalue weighted by Crippen LogP contribution is -2.31. The summed E-state index contributed by atoms with van der Waals surface area (Å²) >= 11 is 0. The van der Waals surface area contributed by atoms with Gasteiger partial charge in [0, 0.05) is 18.3 Å². The van der Waals surface area contributed by atoms with Gasteiger partial charge in [-0.2, -0.15) is 0 Å². The maximum Gasteiger partial charge on any atom is 0.329 e. The Morgan fingerprint density at radius 3 is 2.78 bits per heavy atom. The van der Waals surface area contributed by atoms with Crippen LogP contribution in [-0.2, 0) is 6.54 Å². The fourth-order valence-electron chi connectivity index (χ4n) is 2.80. The number of unbranched alkanes of at least 4 members (excludes halogenated alkanes) is 1. The van der Waals surface area contributed by atoms with Gasteiger partial charge in [0.2, 0.25) is 0 Å². The number of phenols is 1. The van der Waals surface area contributed by atoms with Crippen molar-refractivity contribution in [2.24, 2.45) is 0 Å². The number of carbonyl (C=O) groups excluding carboxylic acids is 1. The molecule has 0 radical (unpaired) electrons. The lowest BCUT2D eigenvalue weighted by Gasteiger charge is -2.10. The van der Waals surface area contributed by atoms with Crippen molar-refractivity contribution in [3.63, 3.8) is 0 Å². The van der Waals surface area contributed by atoms with E-state index in [9.17, 15) is 19.5 Å². The van der Waals surface area contributed by atoms with Gasteiger partial charge in [-0.1, -0.05) is 13.3 Å². The topological polar surface area (TPSA) is 114 Å². The van der Waals surface area contributed by atoms with E-state index in [0.717, 1.165) is 12.8 Å². The van der Waals surface area contributed by atoms with E-state index < -0.39 is 17.0 Å². The van der Waals surface area contributed by atoms with Crippen LogP contribution in [0.2, 0.25) is 0 Å². The highest BCUT2D eigenvalue weighted by Crippen LogP contribution is 2.25. The summed E-state index contributed by atoms with van der Waals surface area (Å²) in [5.41, 5.74) is -0.759. The van der Waals surface area contributed by atoms with Crippen LogP contribution in [0.5, 0.6) is 11.5 Å². The minimum atomic E-state index is -0.611. The normalized spacial score (nSPS) is 10.9. The smallest absolute Gasteiger partial charge is 0.329 e. The lowest BCUT2D eigenvalue weighted by molar-refractivity contribution is 0.103. The molecule has 8 nitrogen and oxygen atoms in total. The van der Waals surface area contributed by atoms with Crippen molar-refractivity contribution < 1.29 is 14.6 Å². The minimum Gasteiger partial charge on any atom is -0.507 e. The van der Waals surface area contributed by atoms with Gasteiger partial charge in [-0.15, -0.1) is 0 Å². The van der Waals surface area contributed by atoms with Gasteiger partial charge < -0.3 is 9.84 Å². The summed E-state index contributed by atoms with van der Waals surface area (Å²) in [7, 11) is 1.45. The van der Waals surface area contributed by atoms with Crippen LogP contribution in [0.4, 0.5) is 0 Å². The highest BCUT2D eigenvalue weighted by Gasteiger charge is 2.18. The maximum absolute atomic E-state index is 12.8. The molecular weight excluding hydrogens is 350 g/mol. The number of benzene rings is 1. The predicted octanol–water partition coefficient (Wildman–Crippen LogP) is 1.83. The molecule has 2 N–H and O–H groups in total. The van der Waals surface area contributed by atoms with Crippen molar-refractivity contribution >= 4 is 16.8 Å². The molecule has 0 saturated heterocycles. The van der Waals surface area contributed by atoms with Gasteiger partial charge in [0.15, 0.2) is 5.78 Å². The number of methoxy groups -OCH3 is 1. The van der Waals surface area contributed by atoms with Crippen molar-refractivity contribution in [3.8, 4) is 11.5 Å². The number of aromatic amines is 1. The number of aromatic hydroxyl groups is 1. The number of phenolic OH excluding ortho intramolecular Hbond substituents is 1. The minimum absolute atomic E-state index is 0.0335. The van der Waals surface area contributed by atoms with E-state index in [2.05, 4.69) is 9.97 Å². The molecule has 3 aromatic rings. The molecule has 1 aromatic carbocycles. The van der Waals surface area contributed by atoms with Crippen molar-refractivity contribution in [1.29, 1.82) is 0 Å². The Bertz CT molecular complexity index is 1130. The van der Waals surface area contributed by atoms with Crippen LogP contribution < -0.4 is 16.0 Å². The zero-order chi connectivity index (χ0) is 19.6. The number of aryl methyl sites for hydroxylation is 1. The van der Waals surface area contributed by atoms with Crippen LogP contribution in [0.3, 0.4) is 0 Å². The second kappa shape index (κ2) is 7.45.